The molecule has 1 rings (SSSR count). The summed E-state index contributed by atoms with van der Waals surface area (Å²) in [5, 5.41) is 20.1. The maximum atomic E-state index is 11.8. The predicted molar refractivity (Wildman–Crippen MR) is 74.7 cm³/mol. The number of carboxylic acids is 1. The van der Waals surface area contributed by atoms with Crippen molar-refractivity contribution in [1.29, 1.82) is 0 Å². The van der Waals surface area contributed by atoms with E-state index in [9.17, 15) is 14.4 Å². The van der Waals surface area contributed by atoms with Crippen LogP contribution in [-0.4, -0.2) is 40.5 Å². The van der Waals surface area contributed by atoms with Crippen molar-refractivity contribution < 1.29 is 24.6 Å². The largest absolute Gasteiger partial charge is 0.508 e. The minimum absolute atomic E-state index is 0.0243. The number of rotatable bonds is 8. The highest BCUT2D eigenvalue weighted by molar-refractivity contribution is 5.84. The number of aliphatic carboxylic acids is 1. The second-order valence-electron chi connectivity index (χ2n) is 4.66. The summed E-state index contributed by atoms with van der Waals surface area (Å²) in [6.07, 6.45) is 0.554. The van der Waals surface area contributed by atoms with Crippen molar-refractivity contribution in [3.05, 3.63) is 29.8 Å². The third kappa shape index (κ3) is 6.05. The van der Waals surface area contributed by atoms with Crippen LogP contribution in [0.3, 0.4) is 0 Å². The molecule has 1 aromatic carbocycles. The van der Waals surface area contributed by atoms with E-state index in [2.05, 4.69) is 5.32 Å². The lowest BCUT2D eigenvalue weighted by molar-refractivity contribution is -0.137. The van der Waals surface area contributed by atoms with Crippen LogP contribution in [-0.2, 0) is 20.8 Å². The van der Waals surface area contributed by atoms with E-state index in [1.165, 1.54) is 12.1 Å². The van der Waals surface area contributed by atoms with Gasteiger partial charge in [0.05, 0.1) is 12.1 Å². The van der Waals surface area contributed by atoms with Crippen molar-refractivity contribution in [3.63, 3.8) is 0 Å². The summed E-state index contributed by atoms with van der Waals surface area (Å²) in [5.41, 5.74) is 6.51. The number of carboxylic acid groups (broad SMARTS) is 1. The number of aldehydes is 1. The number of phenols is 1. The Kier molecular flexibility index (Phi) is 6.35. The number of hydrogen-bond acceptors (Lipinski definition) is 5. The molecule has 0 bridgehead atoms. The number of nitrogens with one attached hydrogen (secondary N) is 1. The van der Waals surface area contributed by atoms with Crippen LogP contribution in [0, 0.1) is 0 Å². The molecule has 2 atom stereocenters. The Bertz CT molecular complexity index is 501. The van der Waals surface area contributed by atoms with Gasteiger partial charge in [-0.05, 0) is 30.5 Å². The zero-order valence-electron chi connectivity index (χ0n) is 11.4. The van der Waals surface area contributed by atoms with Crippen LogP contribution in [0.1, 0.15) is 18.4 Å². The van der Waals surface area contributed by atoms with Crippen molar-refractivity contribution >= 4 is 18.2 Å². The van der Waals surface area contributed by atoms with E-state index in [1.54, 1.807) is 12.1 Å². The molecule has 0 radical (unpaired) electrons. The normalized spacial score (nSPS) is 13.2. The molecule has 0 aromatic heterocycles. The Balaban J connectivity index is 2.50. The van der Waals surface area contributed by atoms with Gasteiger partial charge in [0.25, 0.3) is 0 Å². The quantitative estimate of drug-likeness (QED) is 0.492. The smallest absolute Gasteiger partial charge is 0.303 e. The first-order valence-electron chi connectivity index (χ1n) is 6.43. The van der Waals surface area contributed by atoms with Gasteiger partial charge in [-0.25, -0.2) is 0 Å². The minimum atomic E-state index is -1.04. The fourth-order valence-electron chi connectivity index (χ4n) is 1.72. The number of hydrogen-bond donors (Lipinski definition) is 4. The van der Waals surface area contributed by atoms with Gasteiger partial charge in [0.15, 0.2) is 0 Å². The molecule has 1 amide bonds. The Morgan fingerprint density at radius 2 is 1.90 bits per heavy atom. The third-order valence-electron chi connectivity index (χ3n) is 2.89. The summed E-state index contributed by atoms with van der Waals surface area (Å²) in [4.78, 5) is 33.1. The van der Waals surface area contributed by atoms with Crippen LogP contribution >= 0.6 is 0 Å². The van der Waals surface area contributed by atoms with E-state index in [0.717, 1.165) is 5.56 Å². The molecule has 7 heteroatoms. The second kappa shape index (κ2) is 8.01. The molecule has 1 aromatic rings. The number of phenolic OH excluding ortho intramolecular Hbond substituents is 1. The van der Waals surface area contributed by atoms with E-state index in [-0.39, 0.29) is 25.0 Å². The van der Waals surface area contributed by atoms with Crippen molar-refractivity contribution in [1.82, 2.24) is 5.32 Å². The first kappa shape index (κ1) is 16.6. The molecule has 114 valence electrons. The van der Waals surface area contributed by atoms with Gasteiger partial charge in [-0.15, -0.1) is 0 Å². The minimum Gasteiger partial charge on any atom is -0.508 e. The van der Waals surface area contributed by atoms with Gasteiger partial charge in [0, 0.05) is 6.42 Å². The number of nitrogens with two attached hydrogens (primary N) is 1. The molecule has 21 heavy (non-hydrogen) atoms. The zero-order valence-corrected chi connectivity index (χ0v) is 11.4. The lowest BCUT2D eigenvalue weighted by Crippen LogP contribution is -2.47. The van der Waals surface area contributed by atoms with Crippen molar-refractivity contribution in [2.45, 2.75) is 31.3 Å². The fraction of sp³-hybridized carbons (Fsp3) is 0.357. The average molecular weight is 294 g/mol. The van der Waals surface area contributed by atoms with Crippen LogP contribution < -0.4 is 11.1 Å². The first-order valence-corrected chi connectivity index (χ1v) is 6.43. The number of carbonyl (C=O) groups is 3. The third-order valence-corrected chi connectivity index (χ3v) is 2.89. The highest BCUT2D eigenvalue weighted by Gasteiger charge is 2.18. The molecule has 0 unspecified atom stereocenters. The highest BCUT2D eigenvalue weighted by atomic mass is 16.4. The van der Waals surface area contributed by atoms with E-state index < -0.39 is 24.0 Å². The molecule has 0 heterocycles. The number of aromatic hydroxyl groups is 1. The van der Waals surface area contributed by atoms with Crippen LogP contribution in [0.15, 0.2) is 24.3 Å². The summed E-state index contributed by atoms with van der Waals surface area (Å²) in [5.74, 6) is -1.44. The lowest BCUT2D eigenvalue weighted by Gasteiger charge is -2.16. The summed E-state index contributed by atoms with van der Waals surface area (Å²) in [7, 11) is 0. The Hall–Kier alpha value is -2.41. The van der Waals surface area contributed by atoms with Gasteiger partial charge in [-0.1, -0.05) is 12.1 Å². The number of benzene rings is 1. The molecule has 0 spiro atoms. The molecule has 0 saturated heterocycles. The van der Waals surface area contributed by atoms with Gasteiger partial charge in [-0.2, -0.15) is 0 Å². The van der Waals surface area contributed by atoms with Crippen LogP contribution in [0.25, 0.3) is 0 Å². The highest BCUT2D eigenvalue weighted by Crippen LogP contribution is 2.11. The maximum absolute atomic E-state index is 11.8. The van der Waals surface area contributed by atoms with E-state index in [4.69, 9.17) is 15.9 Å². The van der Waals surface area contributed by atoms with Crippen molar-refractivity contribution in [2.24, 2.45) is 5.73 Å². The van der Waals surface area contributed by atoms with Gasteiger partial charge < -0.3 is 26.1 Å². The topological polar surface area (TPSA) is 130 Å². The molecule has 7 nitrogen and oxygen atoms in total. The molecular weight excluding hydrogens is 276 g/mol. The molecule has 0 aliphatic carbocycles. The molecule has 0 aliphatic heterocycles. The summed E-state index contributed by atoms with van der Waals surface area (Å²) >= 11 is 0. The van der Waals surface area contributed by atoms with Gasteiger partial charge in [0.2, 0.25) is 5.91 Å². The number of carbonyl (C=O) groups excluding carboxylic acids is 2. The predicted octanol–water partition coefficient (Wildman–Crippen LogP) is -0.190. The lowest BCUT2D eigenvalue weighted by atomic mass is 10.1. The van der Waals surface area contributed by atoms with Crippen LogP contribution in [0.5, 0.6) is 5.75 Å². The van der Waals surface area contributed by atoms with Crippen LogP contribution in [0.2, 0.25) is 0 Å². The SMILES string of the molecule is N[C@@H](Cc1ccc(O)cc1)C(=O)N[C@H](C=O)CCC(=O)O. The molecular formula is C14H18N2O5. The van der Waals surface area contributed by atoms with Crippen LogP contribution in [0.4, 0.5) is 0 Å². The van der Waals surface area contributed by atoms with Gasteiger partial charge >= 0.3 is 5.97 Å². The van der Waals surface area contributed by atoms with Gasteiger partial charge in [-0.3, -0.25) is 9.59 Å². The standard InChI is InChI=1S/C14H18N2O5/c15-12(7-9-1-4-11(18)5-2-9)14(21)16-10(8-17)3-6-13(19)20/h1-2,4-5,8,10,12,18H,3,6-7,15H2,(H,16,21)(H,19,20)/t10-,12-/m0/s1. The maximum Gasteiger partial charge on any atom is 0.303 e. The monoisotopic (exact) mass is 294 g/mol. The molecule has 0 aliphatic rings. The zero-order chi connectivity index (χ0) is 15.8. The fourth-order valence-corrected chi connectivity index (χ4v) is 1.72. The van der Waals surface area contributed by atoms with Gasteiger partial charge in [0.1, 0.15) is 12.0 Å². The Morgan fingerprint density at radius 1 is 1.29 bits per heavy atom. The van der Waals surface area contributed by atoms with E-state index in [1.807, 2.05) is 0 Å². The Labute approximate surface area is 121 Å². The molecule has 5 N–H and O–H groups in total. The average Bonchev–Trinajstić information content (AvgIpc) is 2.45. The summed E-state index contributed by atoms with van der Waals surface area (Å²) in [6, 6.07) is 4.54. The second-order valence-corrected chi connectivity index (χ2v) is 4.66. The molecule has 0 fully saturated rings. The first-order chi connectivity index (χ1) is 9.92. The number of amides is 1. The summed E-state index contributed by atoms with van der Waals surface area (Å²) in [6.45, 7) is 0. The van der Waals surface area contributed by atoms with Crippen molar-refractivity contribution in [2.75, 3.05) is 0 Å². The molecule has 0 saturated carbocycles. The Morgan fingerprint density at radius 3 is 2.43 bits per heavy atom. The van der Waals surface area contributed by atoms with Crippen molar-refractivity contribution in [3.8, 4) is 5.75 Å². The summed E-state index contributed by atoms with van der Waals surface area (Å²) < 4.78 is 0. The van der Waals surface area contributed by atoms with E-state index >= 15 is 0 Å². The van der Waals surface area contributed by atoms with E-state index in [0.29, 0.717) is 6.29 Å².